The Balaban J connectivity index is 1.73. The van der Waals surface area contributed by atoms with E-state index in [1.54, 1.807) is 0 Å². The summed E-state index contributed by atoms with van der Waals surface area (Å²) >= 11 is 0. The fourth-order valence-corrected chi connectivity index (χ4v) is 2.88. The second-order valence-electron chi connectivity index (χ2n) is 5.81. The number of nitrogens with two attached hydrogens (primary N) is 1. The molecule has 1 aliphatic rings. The topological polar surface area (TPSA) is 62.1 Å². The van der Waals surface area contributed by atoms with Gasteiger partial charge >= 0.3 is 0 Å². The quantitative estimate of drug-likeness (QED) is 0.876. The van der Waals surface area contributed by atoms with Crippen LogP contribution >= 0.6 is 0 Å². The van der Waals surface area contributed by atoms with Crippen molar-refractivity contribution in [2.24, 2.45) is 11.7 Å². The molecule has 1 fully saturated rings. The number of H-pyrrole nitrogens is 1. The van der Waals surface area contributed by atoms with Gasteiger partial charge in [-0.2, -0.15) is 0 Å². The van der Waals surface area contributed by atoms with Crippen molar-refractivity contribution in [2.75, 3.05) is 13.1 Å². The normalized spacial score (nSPS) is 23.2. The molecule has 0 bridgehead atoms. The Bertz CT molecular complexity index is 619. The molecule has 2 heterocycles. The molecule has 1 aromatic heterocycles. The van der Waals surface area contributed by atoms with E-state index in [0.29, 0.717) is 18.9 Å². The summed E-state index contributed by atoms with van der Waals surface area (Å²) in [6, 6.07) is 8.19. The van der Waals surface area contributed by atoms with Crippen molar-refractivity contribution in [3.8, 4) is 0 Å². The van der Waals surface area contributed by atoms with Gasteiger partial charge in [0.15, 0.2) is 0 Å². The van der Waals surface area contributed by atoms with Crippen LogP contribution in [0.15, 0.2) is 30.5 Å². The van der Waals surface area contributed by atoms with Crippen molar-refractivity contribution in [3.63, 3.8) is 0 Å². The third-order valence-corrected chi connectivity index (χ3v) is 4.39. The number of fused-ring (bicyclic) bond motifs is 1. The highest BCUT2D eigenvalue weighted by Gasteiger charge is 2.26. The maximum absolute atomic E-state index is 12.4. The maximum Gasteiger partial charge on any atom is 0.227 e. The minimum Gasteiger partial charge on any atom is -0.361 e. The van der Waals surface area contributed by atoms with Crippen molar-refractivity contribution >= 4 is 16.8 Å². The zero-order valence-corrected chi connectivity index (χ0v) is 11.8. The van der Waals surface area contributed by atoms with Crippen molar-refractivity contribution in [1.82, 2.24) is 9.88 Å². The van der Waals surface area contributed by atoms with Gasteiger partial charge in [-0.15, -0.1) is 0 Å². The van der Waals surface area contributed by atoms with Gasteiger partial charge in [-0.25, -0.2) is 0 Å². The van der Waals surface area contributed by atoms with Crippen LogP contribution in [-0.2, 0) is 11.2 Å². The third kappa shape index (κ3) is 2.43. The highest BCUT2D eigenvalue weighted by Crippen LogP contribution is 2.20. The Morgan fingerprint density at radius 3 is 3.05 bits per heavy atom. The monoisotopic (exact) mass is 271 g/mol. The van der Waals surface area contributed by atoms with E-state index in [4.69, 9.17) is 5.73 Å². The average Bonchev–Trinajstić information content (AvgIpc) is 2.85. The summed E-state index contributed by atoms with van der Waals surface area (Å²) in [6.07, 6.45) is 3.39. The number of para-hydroxylation sites is 1. The lowest BCUT2D eigenvalue weighted by atomic mass is 9.94. The first-order valence-corrected chi connectivity index (χ1v) is 7.23. The van der Waals surface area contributed by atoms with E-state index in [-0.39, 0.29) is 11.9 Å². The first-order valence-electron chi connectivity index (χ1n) is 7.23. The molecule has 4 nitrogen and oxygen atoms in total. The SMILES string of the molecule is CC1CCN(C(=O)Cc2c[nH]c3ccccc23)CC1N. The van der Waals surface area contributed by atoms with Crippen LogP contribution in [0.1, 0.15) is 18.9 Å². The molecule has 2 unspecified atom stereocenters. The molecule has 2 atom stereocenters. The largest absolute Gasteiger partial charge is 0.361 e. The summed E-state index contributed by atoms with van der Waals surface area (Å²) in [5.41, 5.74) is 8.22. The first-order chi connectivity index (χ1) is 9.65. The smallest absolute Gasteiger partial charge is 0.227 e. The minimum absolute atomic E-state index is 0.107. The van der Waals surface area contributed by atoms with Crippen LogP contribution in [0.3, 0.4) is 0 Å². The van der Waals surface area contributed by atoms with Gasteiger partial charge < -0.3 is 15.6 Å². The highest BCUT2D eigenvalue weighted by atomic mass is 16.2. The van der Waals surface area contributed by atoms with E-state index in [1.807, 2.05) is 29.3 Å². The van der Waals surface area contributed by atoms with E-state index in [9.17, 15) is 4.79 Å². The molecule has 1 aromatic carbocycles. The molecule has 0 spiro atoms. The van der Waals surface area contributed by atoms with Crippen LogP contribution in [0.25, 0.3) is 10.9 Å². The molecule has 3 N–H and O–H groups in total. The number of carbonyl (C=O) groups is 1. The van der Waals surface area contributed by atoms with Gasteiger partial charge in [0.2, 0.25) is 5.91 Å². The summed E-state index contributed by atoms with van der Waals surface area (Å²) in [5.74, 6) is 0.684. The number of nitrogens with one attached hydrogen (secondary N) is 1. The van der Waals surface area contributed by atoms with Crippen molar-refractivity contribution in [1.29, 1.82) is 0 Å². The number of hydrogen-bond acceptors (Lipinski definition) is 2. The summed E-state index contributed by atoms with van der Waals surface area (Å²) in [4.78, 5) is 17.5. The predicted molar refractivity (Wildman–Crippen MR) is 80.3 cm³/mol. The van der Waals surface area contributed by atoms with Crippen LogP contribution in [0.5, 0.6) is 0 Å². The number of likely N-dealkylation sites (tertiary alicyclic amines) is 1. The molecule has 3 rings (SSSR count). The van der Waals surface area contributed by atoms with Crippen molar-refractivity contribution in [3.05, 3.63) is 36.0 Å². The summed E-state index contributed by atoms with van der Waals surface area (Å²) in [7, 11) is 0. The molecule has 0 aliphatic carbocycles. The van der Waals surface area contributed by atoms with E-state index in [0.717, 1.165) is 29.4 Å². The molecule has 2 aromatic rings. The second-order valence-corrected chi connectivity index (χ2v) is 5.81. The lowest BCUT2D eigenvalue weighted by molar-refractivity contribution is -0.132. The average molecular weight is 271 g/mol. The molecular formula is C16H21N3O. The molecule has 1 amide bonds. The summed E-state index contributed by atoms with van der Waals surface area (Å²) in [5, 5.41) is 1.13. The lowest BCUT2D eigenvalue weighted by Gasteiger charge is -2.35. The maximum atomic E-state index is 12.4. The number of rotatable bonds is 2. The van der Waals surface area contributed by atoms with Crippen molar-refractivity contribution < 1.29 is 4.79 Å². The van der Waals surface area contributed by atoms with Crippen LogP contribution in [-0.4, -0.2) is 34.9 Å². The molecular weight excluding hydrogens is 250 g/mol. The Labute approximate surface area is 118 Å². The fourth-order valence-electron chi connectivity index (χ4n) is 2.88. The number of aromatic amines is 1. The van der Waals surface area contributed by atoms with E-state index >= 15 is 0 Å². The minimum atomic E-state index is 0.107. The number of piperidine rings is 1. The molecule has 106 valence electrons. The number of carbonyl (C=O) groups excluding carboxylic acids is 1. The van der Waals surface area contributed by atoms with Crippen LogP contribution in [0, 0.1) is 5.92 Å². The Morgan fingerprint density at radius 2 is 2.25 bits per heavy atom. The molecule has 1 aliphatic heterocycles. The number of hydrogen-bond donors (Lipinski definition) is 2. The van der Waals surface area contributed by atoms with Gasteiger partial charge in [-0.3, -0.25) is 4.79 Å². The Kier molecular flexibility index (Phi) is 3.49. The molecule has 4 heteroatoms. The van der Waals surface area contributed by atoms with Gasteiger partial charge in [0.25, 0.3) is 0 Å². The van der Waals surface area contributed by atoms with E-state index < -0.39 is 0 Å². The zero-order chi connectivity index (χ0) is 14.1. The van der Waals surface area contributed by atoms with Gasteiger partial charge in [0, 0.05) is 36.2 Å². The Morgan fingerprint density at radius 1 is 1.45 bits per heavy atom. The molecule has 0 saturated carbocycles. The number of aromatic nitrogens is 1. The lowest BCUT2D eigenvalue weighted by Crippen LogP contribution is -2.50. The highest BCUT2D eigenvalue weighted by molar-refractivity contribution is 5.88. The summed E-state index contributed by atoms with van der Waals surface area (Å²) < 4.78 is 0. The zero-order valence-electron chi connectivity index (χ0n) is 11.8. The number of amides is 1. The van der Waals surface area contributed by atoms with E-state index in [1.165, 1.54) is 0 Å². The second kappa shape index (κ2) is 5.29. The number of nitrogens with zero attached hydrogens (tertiary/aromatic N) is 1. The van der Waals surface area contributed by atoms with Gasteiger partial charge in [0.1, 0.15) is 0 Å². The molecule has 20 heavy (non-hydrogen) atoms. The fraction of sp³-hybridized carbons (Fsp3) is 0.438. The summed E-state index contributed by atoms with van der Waals surface area (Å²) in [6.45, 7) is 3.67. The molecule has 0 radical (unpaired) electrons. The van der Waals surface area contributed by atoms with E-state index in [2.05, 4.69) is 18.0 Å². The van der Waals surface area contributed by atoms with Gasteiger partial charge in [-0.1, -0.05) is 25.1 Å². The van der Waals surface area contributed by atoms with Crippen LogP contribution < -0.4 is 5.73 Å². The van der Waals surface area contributed by atoms with Gasteiger partial charge in [-0.05, 0) is 24.0 Å². The predicted octanol–water partition coefficient (Wildman–Crippen LogP) is 1.91. The standard InChI is InChI=1S/C16H21N3O/c1-11-6-7-19(10-14(11)17)16(20)8-12-9-18-15-5-3-2-4-13(12)15/h2-5,9,11,14,18H,6-8,10,17H2,1H3. The Hall–Kier alpha value is -1.81. The van der Waals surface area contributed by atoms with Crippen LogP contribution in [0.2, 0.25) is 0 Å². The third-order valence-electron chi connectivity index (χ3n) is 4.39. The van der Waals surface area contributed by atoms with Crippen LogP contribution in [0.4, 0.5) is 0 Å². The first kappa shape index (κ1) is 13.2. The van der Waals surface area contributed by atoms with Crippen molar-refractivity contribution in [2.45, 2.75) is 25.8 Å². The van der Waals surface area contributed by atoms with Gasteiger partial charge in [0.05, 0.1) is 6.42 Å². The number of benzene rings is 1. The molecule has 1 saturated heterocycles.